The van der Waals surface area contributed by atoms with E-state index in [2.05, 4.69) is 28.3 Å². The lowest BCUT2D eigenvalue weighted by atomic mass is 10.0. The molecular formula is C21H25IN4O3. The van der Waals surface area contributed by atoms with Crippen molar-refractivity contribution < 1.29 is 9.66 Å². The van der Waals surface area contributed by atoms with Crippen LogP contribution in [0.4, 0.5) is 5.69 Å². The first-order chi connectivity index (χ1) is 13.5. The van der Waals surface area contributed by atoms with Crippen molar-refractivity contribution in [2.24, 2.45) is 4.99 Å². The van der Waals surface area contributed by atoms with Crippen molar-refractivity contribution in [2.75, 3.05) is 13.2 Å². The van der Waals surface area contributed by atoms with Gasteiger partial charge in [-0.15, -0.1) is 24.0 Å². The zero-order valence-corrected chi connectivity index (χ0v) is 18.6. The first-order valence-electron chi connectivity index (χ1n) is 9.17. The van der Waals surface area contributed by atoms with E-state index in [0.717, 1.165) is 28.9 Å². The summed E-state index contributed by atoms with van der Waals surface area (Å²) in [7, 11) is 0. The monoisotopic (exact) mass is 508 g/mol. The summed E-state index contributed by atoms with van der Waals surface area (Å²) in [5.41, 5.74) is 3.07. The molecule has 0 saturated heterocycles. The standard InChI is InChI=1S/C21H24N4O3.HI/c1-15(2)13-22-21(23-14-16-7-9-17(10-8-16)25(26)27)24-19-11-12-28-20-6-4-3-5-18(19)20;/h3-10,19H,1,11-14H2,2H3,(H2,22,23,24);1H. The number of benzene rings is 2. The molecule has 2 N–H and O–H groups in total. The predicted octanol–water partition coefficient (Wildman–Crippen LogP) is 4.35. The molecule has 2 aromatic rings. The van der Waals surface area contributed by atoms with Crippen LogP contribution in [0.1, 0.15) is 30.5 Å². The average Bonchev–Trinajstić information content (AvgIpc) is 2.70. The van der Waals surface area contributed by atoms with Gasteiger partial charge in [0.1, 0.15) is 5.75 Å². The van der Waals surface area contributed by atoms with Gasteiger partial charge in [-0.05, 0) is 18.6 Å². The number of hydrogen-bond acceptors (Lipinski definition) is 4. The first-order valence-corrected chi connectivity index (χ1v) is 9.17. The summed E-state index contributed by atoms with van der Waals surface area (Å²) in [6.45, 7) is 7.54. The second-order valence-corrected chi connectivity index (χ2v) is 6.77. The Hall–Kier alpha value is -2.62. The predicted molar refractivity (Wildman–Crippen MR) is 125 cm³/mol. The minimum Gasteiger partial charge on any atom is -0.493 e. The van der Waals surface area contributed by atoms with Gasteiger partial charge >= 0.3 is 0 Å². The van der Waals surface area contributed by atoms with E-state index >= 15 is 0 Å². The van der Waals surface area contributed by atoms with Crippen LogP contribution in [0.3, 0.4) is 0 Å². The highest BCUT2D eigenvalue weighted by Gasteiger charge is 2.21. The van der Waals surface area contributed by atoms with E-state index < -0.39 is 4.92 Å². The van der Waals surface area contributed by atoms with Crippen molar-refractivity contribution in [3.8, 4) is 5.75 Å². The van der Waals surface area contributed by atoms with Crippen LogP contribution < -0.4 is 15.4 Å². The maximum absolute atomic E-state index is 10.8. The molecule has 154 valence electrons. The van der Waals surface area contributed by atoms with Gasteiger partial charge in [0, 0.05) is 30.7 Å². The van der Waals surface area contributed by atoms with E-state index in [9.17, 15) is 10.1 Å². The van der Waals surface area contributed by atoms with Crippen LogP contribution in [0.25, 0.3) is 0 Å². The van der Waals surface area contributed by atoms with Gasteiger partial charge in [-0.25, -0.2) is 4.99 Å². The number of rotatable bonds is 6. The van der Waals surface area contributed by atoms with E-state index in [-0.39, 0.29) is 35.7 Å². The van der Waals surface area contributed by atoms with Crippen LogP contribution in [0.2, 0.25) is 0 Å². The Morgan fingerprint density at radius 2 is 2.00 bits per heavy atom. The molecule has 1 aliphatic rings. The summed E-state index contributed by atoms with van der Waals surface area (Å²) in [4.78, 5) is 15.0. The Labute approximate surface area is 187 Å². The topological polar surface area (TPSA) is 88.8 Å². The molecule has 8 heteroatoms. The second-order valence-electron chi connectivity index (χ2n) is 6.77. The Morgan fingerprint density at radius 3 is 2.69 bits per heavy atom. The molecule has 2 aromatic carbocycles. The van der Waals surface area contributed by atoms with Crippen LogP contribution in [0.15, 0.2) is 65.7 Å². The third-order valence-electron chi connectivity index (χ3n) is 4.39. The zero-order chi connectivity index (χ0) is 19.9. The molecule has 1 atom stereocenters. The van der Waals surface area contributed by atoms with Crippen molar-refractivity contribution in [1.29, 1.82) is 0 Å². The molecular weight excluding hydrogens is 483 g/mol. The summed E-state index contributed by atoms with van der Waals surface area (Å²) in [6.07, 6.45) is 0.836. The van der Waals surface area contributed by atoms with E-state index in [0.29, 0.717) is 25.7 Å². The molecule has 0 radical (unpaired) electrons. The molecule has 0 saturated carbocycles. The largest absolute Gasteiger partial charge is 0.493 e. The number of para-hydroxylation sites is 1. The number of non-ortho nitro benzene ring substituents is 1. The molecule has 0 spiro atoms. The highest BCUT2D eigenvalue weighted by Crippen LogP contribution is 2.31. The molecule has 0 bridgehead atoms. The van der Waals surface area contributed by atoms with Gasteiger partial charge in [0.25, 0.3) is 5.69 Å². The highest BCUT2D eigenvalue weighted by atomic mass is 127. The van der Waals surface area contributed by atoms with E-state index in [1.807, 2.05) is 25.1 Å². The minimum atomic E-state index is -0.406. The summed E-state index contributed by atoms with van der Waals surface area (Å²) < 4.78 is 5.72. The van der Waals surface area contributed by atoms with Crippen LogP contribution >= 0.6 is 24.0 Å². The zero-order valence-electron chi connectivity index (χ0n) is 16.3. The quantitative estimate of drug-likeness (QED) is 0.151. The van der Waals surface area contributed by atoms with Crippen LogP contribution in [0.5, 0.6) is 5.75 Å². The van der Waals surface area contributed by atoms with Gasteiger partial charge in [0.15, 0.2) is 5.96 Å². The van der Waals surface area contributed by atoms with Crippen LogP contribution in [-0.4, -0.2) is 24.0 Å². The smallest absolute Gasteiger partial charge is 0.269 e. The number of fused-ring (bicyclic) bond motifs is 1. The number of aliphatic imine (C=N–C) groups is 1. The lowest BCUT2D eigenvalue weighted by Crippen LogP contribution is -2.41. The molecule has 1 unspecified atom stereocenters. The van der Waals surface area contributed by atoms with Crippen LogP contribution in [0, 0.1) is 10.1 Å². The SMILES string of the molecule is C=C(C)CNC(=NCc1ccc([N+](=O)[O-])cc1)NC1CCOc2ccccc21.I. The number of nitrogens with one attached hydrogen (secondary N) is 2. The van der Waals surface area contributed by atoms with Crippen molar-refractivity contribution in [3.63, 3.8) is 0 Å². The maximum atomic E-state index is 10.8. The van der Waals surface area contributed by atoms with Crippen molar-refractivity contribution in [2.45, 2.75) is 25.9 Å². The summed E-state index contributed by atoms with van der Waals surface area (Å²) >= 11 is 0. The molecule has 1 aliphatic heterocycles. The maximum Gasteiger partial charge on any atom is 0.269 e. The van der Waals surface area contributed by atoms with Crippen LogP contribution in [-0.2, 0) is 6.54 Å². The van der Waals surface area contributed by atoms with E-state index in [1.54, 1.807) is 12.1 Å². The van der Waals surface area contributed by atoms with Gasteiger partial charge in [-0.1, -0.05) is 42.5 Å². The molecule has 7 nitrogen and oxygen atoms in total. The lowest BCUT2D eigenvalue weighted by Gasteiger charge is -2.28. The molecule has 0 aliphatic carbocycles. The van der Waals surface area contributed by atoms with Crippen molar-refractivity contribution in [1.82, 2.24) is 10.6 Å². The summed E-state index contributed by atoms with van der Waals surface area (Å²) in [5.74, 6) is 1.56. The molecule has 0 fully saturated rings. The van der Waals surface area contributed by atoms with E-state index in [1.165, 1.54) is 12.1 Å². The van der Waals surface area contributed by atoms with Gasteiger partial charge in [0.2, 0.25) is 0 Å². The number of nitrogens with zero attached hydrogens (tertiary/aromatic N) is 2. The molecule has 29 heavy (non-hydrogen) atoms. The fourth-order valence-electron chi connectivity index (χ4n) is 2.94. The summed E-state index contributed by atoms with van der Waals surface area (Å²) in [5, 5.41) is 17.6. The number of ether oxygens (including phenoxy) is 1. The molecule has 0 amide bonds. The van der Waals surface area contributed by atoms with Gasteiger partial charge in [-0.2, -0.15) is 0 Å². The number of halogens is 1. The average molecular weight is 508 g/mol. The molecule has 3 rings (SSSR count). The Morgan fingerprint density at radius 1 is 1.28 bits per heavy atom. The third kappa shape index (κ3) is 6.45. The number of hydrogen-bond donors (Lipinski definition) is 2. The highest BCUT2D eigenvalue weighted by molar-refractivity contribution is 14.0. The Balaban J connectivity index is 0.00000300. The van der Waals surface area contributed by atoms with Crippen molar-refractivity contribution in [3.05, 3.63) is 81.9 Å². The van der Waals surface area contributed by atoms with Gasteiger partial charge in [0.05, 0.1) is 24.1 Å². The number of nitro groups is 1. The fourth-order valence-corrected chi connectivity index (χ4v) is 2.94. The van der Waals surface area contributed by atoms with E-state index in [4.69, 9.17) is 4.74 Å². The van der Waals surface area contributed by atoms with Gasteiger partial charge in [-0.3, -0.25) is 10.1 Å². The number of nitro benzene ring substituents is 1. The third-order valence-corrected chi connectivity index (χ3v) is 4.39. The first kappa shape index (κ1) is 22.7. The second kappa shape index (κ2) is 10.8. The molecule has 0 aromatic heterocycles. The normalized spacial score (nSPS) is 15.3. The fraction of sp³-hybridized carbons (Fsp3) is 0.286. The van der Waals surface area contributed by atoms with Gasteiger partial charge < -0.3 is 15.4 Å². The summed E-state index contributed by atoms with van der Waals surface area (Å²) in [6, 6.07) is 14.5. The van der Waals surface area contributed by atoms with Crippen molar-refractivity contribution >= 4 is 35.6 Å². The molecule has 1 heterocycles. The minimum absolute atomic E-state index is 0. The Kier molecular flexibility index (Phi) is 8.44. The Bertz CT molecular complexity index is 884. The number of guanidine groups is 1. The lowest BCUT2D eigenvalue weighted by molar-refractivity contribution is -0.384.